The Labute approximate surface area is 205 Å². The monoisotopic (exact) mass is 489 g/mol. The quantitative estimate of drug-likeness (QED) is 0.305. The van der Waals surface area contributed by atoms with Crippen molar-refractivity contribution in [1.29, 1.82) is 0 Å². The van der Waals surface area contributed by atoms with E-state index in [0.29, 0.717) is 29.3 Å². The lowest BCUT2D eigenvalue weighted by Gasteiger charge is -2.47. The Morgan fingerprint density at radius 2 is 1.88 bits per heavy atom. The molecule has 1 amide bonds. The second-order valence-corrected chi connectivity index (χ2v) is 8.80. The molecule has 3 rings (SSSR count). The molecule has 0 radical (unpaired) electrons. The Kier molecular flexibility index (Phi) is 8.95. The second kappa shape index (κ2) is 11.7. The molecule has 1 heterocycles. The molecule has 1 fully saturated rings. The molecule has 176 valence electrons. The summed E-state index contributed by atoms with van der Waals surface area (Å²) in [6.07, 6.45) is 1.82. The maximum atomic E-state index is 13.7. The van der Waals surface area contributed by atoms with Crippen LogP contribution in [0.3, 0.4) is 0 Å². The van der Waals surface area contributed by atoms with Crippen molar-refractivity contribution in [2.75, 3.05) is 6.61 Å². The van der Waals surface area contributed by atoms with Crippen molar-refractivity contribution in [2.24, 2.45) is 0 Å². The van der Waals surface area contributed by atoms with Gasteiger partial charge in [-0.25, -0.2) is 4.79 Å². The van der Waals surface area contributed by atoms with Crippen molar-refractivity contribution < 1.29 is 19.1 Å². The summed E-state index contributed by atoms with van der Waals surface area (Å²) in [5.41, 5.74) is 1.62. The number of esters is 1. The first-order valence-corrected chi connectivity index (χ1v) is 11.9. The molecule has 7 heteroatoms. The molecule has 2 aromatic rings. The third-order valence-corrected chi connectivity index (χ3v) is 6.14. The van der Waals surface area contributed by atoms with E-state index in [1.807, 2.05) is 37.3 Å². The molecule has 0 aliphatic carbocycles. The SMILES string of the molecule is C=CC[C@H]1O[C@H](c2cccc(Cl)c2)[C@H](c2ccc(Cl)cc2)N([C@H](CCC)C(=O)OCC)C1=O. The second-order valence-electron chi connectivity index (χ2n) is 7.92. The number of carbonyl (C=O) groups is 2. The lowest BCUT2D eigenvalue weighted by molar-refractivity contribution is -0.185. The van der Waals surface area contributed by atoms with Crippen LogP contribution in [0, 0.1) is 0 Å². The Hall–Kier alpha value is -2.34. The number of nitrogens with zero attached hydrogens (tertiary/aromatic N) is 1. The summed E-state index contributed by atoms with van der Waals surface area (Å²) >= 11 is 12.4. The average molecular weight is 490 g/mol. The van der Waals surface area contributed by atoms with E-state index in [1.165, 1.54) is 0 Å². The van der Waals surface area contributed by atoms with E-state index in [4.69, 9.17) is 32.7 Å². The van der Waals surface area contributed by atoms with Gasteiger partial charge in [0.25, 0.3) is 5.91 Å². The van der Waals surface area contributed by atoms with Crippen LogP contribution in [0.2, 0.25) is 10.0 Å². The van der Waals surface area contributed by atoms with Crippen molar-refractivity contribution in [3.05, 3.63) is 82.4 Å². The summed E-state index contributed by atoms with van der Waals surface area (Å²) < 4.78 is 11.8. The highest BCUT2D eigenvalue weighted by Gasteiger charge is 2.48. The Balaban J connectivity index is 2.20. The summed E-state index contributed by atoms with van der Waals surface area (Å²) in [5.74, 6) is -0.685. The molecule has 1 aliphatic heterocycles. The molecule has 1 saturated heterocycles. The molecule has 0 aromatic heterocycles. The van der Waals surface area contributed by atoms with Crippen LogP contribution in [0.25, 0.3) is 0 Å². The van der Waals surface area contributed by atoms with Crippen LogP contribution in [0.15, 0.2) is 61.2 Å². The molecule has 5 nitrogen and oxygen atoms in total. The fourth-order valence-electron chi connectivity index (χ4n) is 4.24. The number of morpholine rings is 1. The van der Waals surface area contributed by atoms with Gasteiger partial charge >= 0.3 is 5.97 Å². The van der Waals surface area contributed by atoms with Crippen LogP contribution in [0.5, 0.6) is 0 Å². The Morgan fingerprint density at radius 3 is 2.48 bits per heavy atom. The van der Waals surface area contributed by atoms with Crippen molar-refractivity contribution in [2.45, 2.75) is 57.4 Å². The van der Waals surface area contributed by atoms with Crippen molar-refractivity contribution in [3.63, 3.8) is 0 Å². The molecule has 33 heavy (non-hydrogen) atoms. The number of benzene rings is 2. The summed E-state index contributed by atoms with van der Waals surface area (Å²) in [7, 11) is 0. The Bertz CT molecular complexity index is 979. The van der Waals surface area contributed by atoms with E-state index < -0.39 is 30.3 Å². The highest BCUT2D eigenvalue weighted by molar-refractivity contribution is 6.30. The fraction of sp³-hybridized carbons (Fsp3) is 0.385. The number of halogens is 2. The van der Waals surface area contributed by atoms with Crippen LogP contribution < -0.4 is 0 Å². The van der Waals surface area contributed by atoms with Crippen molar-refractivity contribution in [1.82, 2.24) is 4.90 Å². The molecule has 0 unspecified atom stereocenters. The first-order valence-electron chi connectivity index (χ1n) is 11.2. The lowest BCUT2D eigenvalue weighted by atomic mass is 9.89. The first-order chi connectivity index (χ1) is 15.9. The molecule has 0 spiro atoms. The number of amides is 1. The standard InChI is InChI=1S/C26H29Cl2NO4/c1-4-8-21(26(31)32-6-3)29-23(17-12-14-19(27)15-13-17)24(18-10-7-11-20(28)16-18)33-22(9-5-2)25(29)30/h5,7,10-16,21-24H,2,4,6,8-9H2,1,3H3/t21-,22-,23+,24-/m1/s1. The van der Waals surface area contributed by atoms with Crippen LogP contribution in [0.1, 0.15) is 56.4 Å². The minimum Gasteiger partial charge on any atom is -0.464 e. The van der Waals surface area contributed by atoms with Gasteiger partial charge in [0.15, 0.2) is 0 Å². The highest BCUT2D eigenvalue weighted by atomic mass is 35.5. The molecule has 0 N–H and O–H groups in total. The number of carbonyl (C=O) groups excluding carboxylic acids is 2. The molecule has 0 bridgehead atoms. The summed E-state index contributed by atoms with van der Waals surface area (Å²) in [4.78, 5) is 28.4. The number of ether oxygens (including phenoxy) is 2. The van der Waals surface area contributed by atoms with Crippen LogP contribution in [0.4, 0.5) is 0 Å². The van der Waals surface area contributed by atoms with E-state index in [2.05, 4.69) is 6.58 Å². The highest BCUT2D eigenvalue weighted by Crippen LogP contribution is 2.45. The minimum absolute atomic E-state index is 0.233. The van der Waals surface area contributed by atoms with E-state index >= 15 is 0 Å². The van der Waals surface area contributed by atoms with E-state index in [0.717, 1.165) is 11.1 Å². The largest absolute Gasteiger partial charge is 0.464 e. The third kappa shape index (κ3) is 5.78. The van der Waals surface area contributed by atoms with Gasteiger partial charge in [-0.15, -0.1) is 6.58 Å². The molecule has 1 aliphatic rings. The maximum absolute atomic E-state index is 13.7. The van der Waals surface area contributed by atoms with Crippen LogP contribution >= 0.6 is 23.2 Å². The van der Waals surface area contributed by atoms with Gasteiger partial charge in [-0.1, -0.05) is 66.9 Å². The van der Waals surface area contributed by atoms with Crippen LogP contribution in [-0.4, -0.2) is 35.5 Å². The number of hydrogen-bond acceptors (Lipinski definition) is 4. The van der Waals surface area contributed by atoms with Crippen molar-refractivity contribution >= 4 is 35.1 Å². The summed E-state index contributed by atoms with van der Waals surface area (Å²) in [6.45, 7) is 7.75. The zero-order valence-corrected chi connectivity index (χ0v) is 20.4. The molecule has 0 saturated carbocycles. The van der Waals surface area contributed by atoms with Gasteiger partial charge in [0.1, 0.15) is 18.2 Å². The van der Waals surface area contributed by atoms with E-state index in [1.54, 1.807) is 36.1 Å². The molecular formula is C26H29Cl2NO4. The van der Waals surface area contributed by atoms with Gasteiger partial charge in [0.2, 0.25) is 0 Å². The first kappa shape index (κ1) is 25.3. The summed E-state index contributed by atoms with van der Waals surface area (Å²) in [6, 6.07) is 13.3. The zero-order valence-electron chi connectivity index (χ0n) is 18.9. The maximum Gasteiger partial charge on any atom is 0.328 e. The van der Waals surface area contributed by atoms with Gasteiger partial charge in [-0.05, 0) is 48.7 Å². The average Bonchev–Trinajstić information content (AvgIpc) is 2.80. The molecule has 2 aromatic carbocycles. The van der Waals surface area contributed by atoms with E-state index in [-0.39, 0.29) is 12.5 Å². The molecule has 4 atom stereocenters. The van der Waals surface area contributed by atoms with Crippen LogP contribution in [-0.2, 0) is 19.1 Å². The predicted octanol–water partition coefficient (Wildman–Crippen LogP) is 6.31. The van der Waals surface area contributed by atoms with Gasteiger partial charge < -0.3 is 14.4 Å². The number of hydrogen-bond donors (Lipinski definition) is 0. The smallest absolute Gasteiger partial charge is 0.328 e. The number of rotatable bonds is 9. The predicted molar refractivity (Wildman–Crippen MR) is 130 cm³/mol. The van der Waals surface area contributed by atoms with Gasteiger partial charge in [-0.2, -0.15) is 0 Å². The lowest BCUT2D eigenvalue weighted by Crippen LogP contribution is -2.57. The normalized spacial score (nSPS) is 21.5. The Morgan fingerprint density at radius 1 is 1.15 bits per heavy atom. The third-order valence-electron chi connectivity index (χ3n) is 5.65. The van der Waals surface area contributed by atoms with E-state index in [9.17, 15) is 9.59 Å². The molecular weight excluding hydrogens is 461 g/mol. The van der Waals surface area contributed by atoms with Gasteiger partial charge in [0, 0.05) is 16.5 Å². The van der Waals surface area contributed by atoms with Gasteiger partial charge in [0.05, 0.1) is 12.6 Å². The summed E-state index contributed by atoms with van der Waals surface area (Å²) in [5, 5.41) is 1.14. The minimum atomic E-state index is -0.774. The topological polar surface area (TPSA) is 55.8 Å². The zero-order chi connectivity index (χ0) is 24.0. The fourth-order valence-corrected chi connectivity index (χ4v) is 4.56. The van der Waals surface area contributed by atoms with Gasteiger partial charge in [-0.3, -0.25) is 4.79 Å². The van der Waals surface area contributed by atoms with Crippen molar-refractivity contribution in [3.8, 4) is 0 Å².